The number of rotatable bonds is 6. The number of carbonyl (C=O) groups excluding carboxylic acids is 2. The van der Waals surface area contributed by atoms with Crippen LogP contribution in [0.2, 0.25) is 0 Å². The van der Waals surface area contributed by atoms with Crippen LogP contribution in [0, 0.1) is 0 Å². The molecule has 1 aromatic carbocycles. The SMILES string of the molecule is NC(=O)[C@@H](CCC(=O)O)NC(=O)c1ccccc1. The molecule has 0 aromatic heterocycles. The predicted octanol–water partition coefficient (Wildman–Crippen LogP) is 0.135. The standard InChI is InChI=1S/C12H14N2O4/c13-11(17)9(6-7-10(15)16)14-12(18)8-4-2-1-3-5-8/h1-5,9H,6-7H2,(H2,13,17)(H,14,18)(H,15,16)/t9-/m1/s1. The van der Waals surface area contributed by atoms with Crippen LogP contribution in [0.5, 0.6) is 0 Å². The molecule has 0 saturated carbocycles. The summed E-state index contributed by atoms with van der Waals surface area (Å²) in [6, 6.07) is 7.33. The minimum Gasteiger partial charge on any atom is -0.481 e. The molecule has 2 amide bonds. The Morgan fingerprint density at radius 3 is 2.33 bits per heavy atom. The second-order valence-corrected chi connectivity index (χ2v) is 3.73. The number of aliphatic carboxylic acids is 1. The Hall–Kier alpha value is -2.37. The van der Waals surface area contributed by atoms with Gasteiger partial charge in [-0.3, -0.25) is 14.4 Å². The molecule has 0 bridgehead atoms. The fourth-order valence-electron chi connectivity index (χ4n) is 1.38. The first-order valence-corrected chi connectivity index (χ1v) is 5.37. The summed E-state index contributed by atoms with van der Waals surface area (Å²) in [6.07, 6.45) is -0.258. The second kappa shape index (κ2) is 6.39. The molecule has 0 unspecified atom stereocenters. The van der Waals surface area contributed by atoms with Crippen molar-refractivity contribution in [3.05, 3.63) is 35.9 Å². The van der Waals surface area contributed by atoms with Gasteiger partial charge >= 0.3 is 5.97 Å². The normalized spacial score (nSPS) is 11.6. The van der Waals surface area contributed by atoms with Crippen LogP contribution in [0.4, 0.5) is 0 Å². The quantitative estimate of drug-likeness (QED) is 0.666. The monoisotopic (exact) mass is 250 g/mol. The smallest absolute Gasteiger partial charge is 0.303 e. The maximum atomic E-state index is 11.7. The summed E-state index contributed by atoms with van der Waals surface area (Å²) in [7, 11) is 0. The highest BCUT2D eigenvalue weighted by molar-refractivity contribution is 5.97. The second-order valence-electron chi connectivity index (χ2n) is 3.73. The first-order valence-electron chi connectivity index (χ1n) is 5.37. The van der Waals surface area contributed by atoms with Gasteiger partial charge in [0, 0.05) is 12.0 Å². The molecule has 1 aromatic rings. The van der Waals surface area contributed by atoms with E-state index in [-0.39, 0.29) is 12.8 Å². The van der Waals surface area contributed by atoms with Crippen molar-refractivity contribution in [1.29, 1.82) is 0 Å². The van der Waals surface area contributed by atoms with E-state index in [0.29, 0.717) is 5.56 Å². The number of carbonyl (C=O) groups is 3. The first kappa shape index (κ1) is 13.7. The van der Waals surface area contributed by atoms with Crippen molar-refractivity contribution >= 4 is 17.8 Å². The van der Waals surface area contributed by atoms with Gasteiger partial charge in [-0.1, -0.05) is 18.2 Å². The van der Waals surface area contributed by atoms with Gasteiger partial charge in [-0.25, -0.2) is 0 Å². The highest BCUT2D eigenvalue weighted by atomic mass is 16.4. The average Bonchev–Trinajstić information content (AvgIpc) is 2.34. The molecule has 6 heteroatoms. The zero-order chi connectivity index (χ0) is 13.5. The molecule has 96 valence electrons. The minimum absolute atomic E-state index is 0.0246. The van der Waals surface area contributed by atoms with Crippen molar-refractivity contribution in [2.75, 3.05) is 0 Å². The topological polar surface area (TPSA) is 109 Å². The van der Waals surface area contributed by atoms with Crippen molar-refractivity contribution in [2.24, 2.45) is 5.73 Å². The Morgan fingerprint density at radius 2 is 1.83 bits per heavy atom. The molecule has 4 N–H and O–H groups in total. The van der Waals surface area contributed by atoms with Gasteiger partial charge in [0.1, 0.15) is 6.04 Å². The molecule has 0 spiro atoms. The summed E-state index contributed by atoms with van der Waals surface area (Å²) in [5.74, 6) is -2.25. The van der Waals surface area contributed by atoms with E-state index in [0.717, 1.165) is 0 Å². The third-order valence-corrected chi connectivity index (χ3v) is 2.33. The van der Waals surface area contributed by atoms with Gasteiger partial charge in [-0.2, -0.15) is 0 Å². The van der Waals surface area contributed by atoms with Gasteiger partial charge in [0.2, 0.25) is 5.91 Å². The Labute approximate surface area is 104 Å². The van der Waals surface area contributed by atoms with Crippen LogP contribution in [0.15, 0.2) is 30.3 Å². The van der Waals surface area contributed by atoms with Crippen LogP contribution in [0.3, 0.4) is 0 Å². The van der Waals surface area contributed by atoms with Crippen molar-refractivity contribution in [3.63, 3.8) is 0 Å². The Balaban J connectivity index is 2.64. The number of amides is 2. The summed E-state index contributed by atoms with van der Waals surface area (Å²) >= 11 is 0. The number of hydrogen-bond donors (Lipinski definition) is 3. The van der Waals surface area contributed by atoms with E-state index in [2.05, 4.69) is 5.32 Å². The van der Waals surface area contributed by atoms with Crippen molar-refractivity contribution in [3.8, 4) is 0 Å². The predicted molar refractivity (Wildman–Crippen MR) is 63.8 cm³/mol. The van der Waals surface area contributed by atoms with Crippen molar-refractivity contribution in [1.82, 2.24) is 5.32 Å². The van der Waals surface area contributed by atoms with Crippen LogP contribution >= 0.6 is 0 Å². The largest absolute Gasteiger partial charge is 0.481 e. The number of hydrogen-bond acceptors (Lipinski definition) is 3. The van der Waals surface area contributed by atoms with Crippen LogP contribution in [-0.4, -0.2) is 28.9 Å². The van der Waals surface area contributed by atoms with E-state index in [9.17, 15) is 14.4 Å². The lowest BCUT2D eigenvalue weighted by atomic mass is 10.1. The molecule has 0 heterocycles. The average molecular weight is 250 g/mol. The lowest BCUT2D eigenvalue weighted by Crippen LogP contribution is -2.44. The lowest BCUT2D eigenvalue weighted by molar-refractivity contribution is -0.137. The minimum atomic E-state index is -1.05. The zero-order valence-corrected chi connectivity index (χ0v) is 9.63. The summed E-state index contributed by atoms with van der Waals surface area (Å²) in [5.41, 5.74) is 5.49. The highest BCUT2D eigenvalue weighted by Crippen LogP contribution is 2.02. The molecule has 1 rings (SSSR count). The molecule has 0 aliphatic carbocycles. The van der Waals surface area contributed by atoms with E-state index in [4.69, 9.17) is 10.8 Å². The number of nitrogens with one attached hydrogen (secondary N) is 1. The fraction of sp³-hybridized carbons (Fsp3) is 0.250. The molecule has 18 heavy (non-hydrogen) atoms. The van der Waals surface area contributed by atoms with Gasteiger partial charge in [0.15, 0.2) is 0 Å². The Kier molecular flexibility index (Phi) is 4.86. The summed E-state index contributed by atoms with van der Waals surface area (Å²) in [6.45, 7) is 0. The third kappa shape index (κ3) is 4.25. The number of primary amides is 1. The van der Waals surface area contributed by atoms with E-state index in [1.54, 1.807) is 30.3 Å². The van der Waals surface area contributed by atoms with Crippen LogP contribution in [-0.2, 0) is 9.59 Å². The highest BCUT2D eigenvalue weighted by Gasteiger charge is 2.19. The Morgan fingerprint density at radius 1 is 1.22 bits per heavy atom. The first-order chi connectivity index (χ1) is 8.50. The number of carboxylic acid groups (broad SMARTS) is 1. The van der Waals surface area contributed by atoms with Crippen LogP contribution in [0.1, 0.15) is 23.2 Å². The molecular weight excluding hydrogens is 236 g/mol. The number of nitrogens with two attached hydrogens (primary N) is 1. The maximum Gasteiger partial charge on any atom is 0.303 e. The van der Waals surface area contributed by atoms with E-state index >= 15 is 0 Å². The molecular formula is C12H14N2O4. The summed E-state index contributed by atoms with van der Waals surface area (Å²) in [4.78, 5) is 33.2. The van der Waals surface area contributed by atoms with Crippen LogP contribution < -0.4 is 11.1 Å². The molecule has 0 aliphatic heterocycles. The molecule has 0 aliphatic rings. The lowest BCUT2D eigenvalue weighted by Gasteiger charge is -2.14. The van der Waals surface area contributed by atoms with Crippen molar-refractivity contribution in [2.45, 2.75) is 18.9 Å². The zero-order valence-electron chi connectivity index (χ0n) is 9.63. The maximum absolute atomic E-state index is 11.7. The van der Waals surface area contributed by atoms with E-state index in [1.165, 1.54) is 0 Å². The van der Waals surface area contributed by atoms with E-state index in [1.807, 2.05) is 0 Å². The molecule has 1 atom stereocenters. The van der Waals surface area contributed by atoms with Gasteiger partial charge in [-0.05, 0) is 18.6 Å². The molecule has 0 saturated heterocycles. The Bertz CT molecular complexity index is 445. The molecule has 0 radical (unpaired) electrons. The van der Waals surface area contributed by atoms with E-state index < -0.39 is 23.8 Å². The number of benzene rings is 1. The molecule has 6 nitrogen and oxygen atoms in total. The molecule has 0 fully saturated rings. The summed E-state index contributed by atoms with van der Waals surface area (Å²) < 4.78 is 0. The van der Waals surface area contributed by atoms with Gasteiger partial charge in [0.25, 0.3) is 5.91 Å². The van der Waals surface area contributed by atoms with Gasteiger partial charge in [-0.15, -0.1) is 0 Å². The third-order valence-electron chi connectivity index (χ3n) is 2.33. The van der Waals surface area contributed by atoms with Gasteiger partial charge in [0.05, 0.1) is 0 Å². The summed E-state index contributed by atoms with van der Waals surface area (Å²) in [5, 5.41) is 10.9. The van der Waals surface area contributed by atoms with Gasteiger partial charge < -0.3 is 16.2 Å². The number of carboxylic acids is 1. The van der Waals surface area contributed by atoms with Crippen LogP contribution in [0.25, 0.3) is 0 Å². The fourth-order valence-corrected chi connectivity index (χ4v) is 1.38. The van der Waals surface area contributed by atoms with Crippen molar-refractivity contribution < 1.29 is 19.5 Å².